The number of para-hydroxylation sites is 1. The Bertz CT molecular complexity index is 1200. The molecule has 0 unspecified atom stereocenters. The molecule has 1 aromatic carbocycles. The van der Waals surface area contributed by atoms with E-state index in [1.165, 1.54) is 6.21 Å². The SMILES string of the molecule is CC(=O)N1CCN(c2nc(C=N)c(NCC(C)C)c(N[C@H](C)c3cnc4ccccc4c3)n2)CC1. The number of piperazine rings is 1. The first kappa shape index (κ1) is 24.4. The molecule has 0 radical (unpaired) electrons. The summed E-state index contributed by atoms with van der Waals surface area (Å²) in [4.78, 5) is 29.8. The summed E-state index contributed by atoms with van der Waals surface area (Å²) in [6.45, 7) is 11.3. The number of benzene rings is 1. The summed E-state index contributed by atoms with van der Waals surface area (Å²) >= 11 is 0. The zero-order chi connectivity index (χ0) is 24.9. The molecule has 1 aliphatic heterocycles. The van der Waals surface area contributed by atoms with Crippen LogP contribution in [0.1, 0.15) is 45.0 Å². The maximum absolute atomic E-state index is 11.7. The van der Waals surface area contributed by atoms with Crippen LogP contribution in [0.2, 0.25) is 0 Å². The van der Waals surface area contributed by atoms with E-state index >= 15 is 0 Å². The number of anilines is 3. The Morgan fingerprint density at radius 2 is 1.89 bits per heavy atom. The maximum atomic E-state index is 11.7. The third-order valence-corrected chi connectivity index (χ3v) is 6.22. The first-order valence-electron chi connectivity index (χ1n) is 12.1. The average molecular weight is 475 g/mol. The van der Waals surface area contributed by atoms with Gasteiger partial charge in [0.2, 0.25) is 11.9 Å². The van der Waals surface area contributed by atoms with Crippen molar-refractivity contribution in [2.75, 3.05) is 48.3 Å². The van der Waals surface area contributed by atoms with Gasteiger partial charge in [-0.2, -0.15) is 4.98 Å². The van der Waals surface area contributed by atoms with Gasteiger partial charge in [0.1, 0.15) is 11.4 Å². The predicted molar refractivity (Wildman–Crippen MR) is 141 cm³/mol. The lowest BCUT2D eigenvalue weighted by Crippen LogP contribution is -2.48. The highest BCUT2D eigenvalue weighted by Crippen LogP contribution is 2.30. The lowest BCUT2D eigenvalue weighted by atomic mass is 10.1. The summed E-state index contributed by atoms with van der Waals surface area (Å²) < 4.78 is 0. The summed E-state index contributed by atoms with van der Waals surface area (Å²) in [5, 5.41) is 16.1. The minimum absolute atomic E-state index is 0.0670. The molecule has 3 N–H and O–H groups in total. The van der Waals surface area contributed by atoms with E-state index in [-0.39, 0.29) is 11.9 Å². The van der Waals surface area contributed by atoms with Crippen molar-refractivity contribution in [3.63, 3.8) is 0 Å². The van der Waals surface area contributed by atoms with E-state index in [1.54, 1.807) is 6.92 Å². The zero-order valence-electron chi connectivity index (χ0n) is 20.9. The van der Waals surface area contributed by atoms with E-state index in [0.717, 1.165) is 28.7 Å². The van der Waals surface area contributed by atoms with Crippen LogP contribution in [0.5, 0.6) is 0 Å². The number of hydrogen-bond donors (Lipinski definition) is 3. The number of nitrogens with one attached hydrogen (secondary N) is 3. The van der Waals surface area contributed by atoms with E-state index in [1.807, 2.05) is 29.3 Å². The largest absolute Gasteiger partial charge is 0.380 e. The Kier molecular flexibility index (Phi) is 7.43. The summed E-state index contributed by atoms with van der Waals surface area (Å²) in [6, 6.07) is 10.1. The number of pyridine rings is 1. The number of rotatable bonds is 8. The van der Waals surface area contributed by atoms with Crippen LogP contribution in [0.25, 0.3) is 10.9 Å². The number of carbonyl (C=O) groups is 1. The fraction of sp³-hybridized carbons (Fsp3) is 0.423. The zero-order valence-corrected chi connectivity index (χ0v) is 20.9. The summed E-state index contributed by atoms with van der Waals surface area (Å²) in [7, 11) is 0. The molecule has 2 aromatic heterocycles. The van der Waals surface area contributed by atoms with Gasteiger partial charge in [0.05, 0.1) is 11.6 Å². The predicted octanol–water partition coefficient (Wildman–Crippen LogP) is 3.93. The quantitative estimate of drug-likeness (QED) is 0.424. The van der Waals surface area contributed by atoms with Crippen LogP contribution in [-0.4, -0.2) is 64.7 Å². The molecular weight excluding hydrogens is 440 g/mol. The Morgan fingerprint density at radius 1 is 1.14 bits per heavy atom. The van der Waals surface area contributed by atoms with E-state index in [2.05, 4.69) is 53.4 Å². The number of nitrogens with zero attached hydrogens (tertiary/aromatic N) is 5. The lowest BCUT2D eigenvalue weighted by Gasteiger charge is -2.34. The minimum atomic E-state index is -0.0670. The van der Waals surface area contributed by atoms with Gasteiger partial charge in [-0.05, 0) is 30.5 Å². The molecule has 1 amide bonds. The van der Waals surface area contributed by atoms with Crippen molar-refractivity contribution in [1.82, 2.24) is 19.9 Å². The van der Waals surface area contributed by atoms with Crippen molar-refractivity contribution in [3.05, 3.63) is 47.8 Å². The van der Waals surface area contributed by atoms with Gasteiger partial charge in [-0.25, -0.2) is 4.98 Å². The monoisotopic (exact) mass is 474 g/mol. The number of aromatic nitrogens is 3. The standard InChI is InChI=1S/C26H34N8O/c1-17(2)15-29-24-23(14-27)31-26(34-11-9-33(10-12-34)19(4)35)32-25(24)30-18(3)21-13-20-7-5-6-8-22(20)28-16-21/h5-8,13-14,16-18,27,29H,9-12,15H2,1-4H3,(H,30,31,32)/t18-/m1/s1. The smallest absolute Gasteiger partial charge is 0.228 e. The molecule has 0 saturated carbocycles. The van der Waals surface area contributed by atoms with Crippen LogP contribution in [0.3, 0.4) is 0 Å². The van der Waals surface area contributed by atoms with Gasteiger partial charge < -0.3 is 25.8 Å². The van der Waals surface area contributed by atoms with E-state index in [4.69, 9.17) is 15.4 Å². The molecule has 0 aliphatic carbocycles. The van der Waals surface area contributed by atoms with Crippen LogP contribution in [-0.2, 0) is 4.79 Å². The van der Waals surface area contributed by atoms with E-state index < -0.39 is 0 Å². The Balaban J connectivity index is 1.65. The lowest BCUT2D eigenvalue weighted by molar-refractivity contribution is -0.129. The molecule has 4 rings (SSSR count). The normalized spacial score (nSPS) is 14.8. The number of amides is 1. The molecule has 9 nitrogen and oxygen atoms in total. The average Bonchev–Trinajstić information content (AvgIpc) is 2.87. The van der Waals surface area contributed by atoms with Crippen LogP contribution >= 0.6 is 0 Å². The Hall–Kier alpha value is -3.75. The van der Waals surface area contributed by atoms with E-state index in [0.29, 0.717) is 49.6 Å². The molecule has 1 fully saturated rings. The number of carbonyl (C=O) groups excluding carboxylic acids is 1. The highest BCUT2D eigenvalue weighted by Gasteiger charge is 2.24. The summed E-state index contributed by atoms with van der Waals surface area (Å²) in [5.41, 5.74) is 3.27. The second-order valence-corrected chi connectivity index (χ2v) is 9.37. The third kappa shape index (κ3) is 5.67. The second kappa shape index (κ2) is 10.7. The van der Waals surface area contributed by atoms with E-state index in [9.17, 15) is 4.79 Å². The van der Waals surface area contributed by atoms with Gasteiger partial charge in [-0.3, -0.25) is 9.78 Å². The number of hydrogen-bond acceptors (Lipinski definition) is 8. The number of fused-ring (bicyclic) bond motifs is 1. The first-order chi connectivity index (χ1) is 16.9. The van der Waals surface area contributed by atoms with Crippen LogP contribution in [0, 0.1) is 11.3 Å². The summed E-state index contributed by atoms with van der Waals surface area (Å²) in [6.07, 6.45) is 3.16. The molecular formula is C26H34N8O. The minimum Gasteiger partial charge on any atom is -0.380 e. The highest BCUT2D eigenvalue weighted by molar-refractivity contribution is 5.89. The van der Waals surface area contributed by atoms with Gasteiger partial charge >= 0.3 is 0 Å². The molecule has 184 valence electrons. The fourth-order valence-electron chi connectivity index (χ4n) is 4.13. The van der Waals surface area contributed by atoms with Crippen LogP contribution < -0.4 is 15.5 Å². The van der Waals surface area contributed by atoms with Crippen molar-refractivity contribution >= 4 is 40.5 Å². The molecule has 35 heavy (non-hydrogen) atoms. The van der Waals surface area contributed by atoms with Crippen molar-refractivity contribution in [2.24, 2.45) is 5.92 Å². The summed E-state index contributed by atoms with van der Waals surface area (Å²) in [5.74, 6) is 1.72. The molecule has 9 heteroatoms. The third-order valence-electron chi connectivity index (χ3n) is 6.22. The topological polar surface area (TPSA) is 110 Å². The molecule has 3 aromatic rings. The first-order valence-corrected chi connectivity index (χ1v) is 12.1. The van der Waals surface area contributed by atoms with Gasteiger partial charge in [0, 0.05) is 57.4 Å². The second-order valence-electron chi connectivity index (χ2n) is 9.37. The molecule has 3 heterocycles. The van der Waals surface area contributed by atoms with Crippen LogP contribution in [0.15, 0.2) is 36.5 Å². The van der Waals surface area contributed by atoms with Crippen molar-refractivity contribution in [2.45, 2.75) is 33.7 Å². The van der Waals surface area contributed by atoms with Gasteiger partial charge in [0.15, 0.2) is 5.82 Å². The van der Waals surface area contributed by atoms with Crippen molar-refractivity contribution in [3.8, 4) is 0 Å². The molecule has 0 bridgehead atoms. The maximum Gasteiger partial charge on any atom is 0.228 e. The Morgan fingerprint density at radius 3 is 2.57 bits per heavy atom. The molecule has 0 spiro atoms. The van der Waals surface area contributed by atoms with Gasteiger partial charge in [0.25, 0.3) is 0 Å². The highest BCUT2D eigenvalue weighted by atomic mass is 16.2. The fourth-order valence-corrected chi connectivity index (χ4v) is 4.13. The molecule has 1 aliphatic rings. The van der Waals surface area contributed by atoms with Crippen LogP contribution in [0.4, 0.5) is 17.5 Å². The van der Waals surface area contributed by atoms with Crippen molar-refractivity contribution < 1.29 is 4.79 Å². The molecule has 1 saturated heterocycles. The van der Waals surface area contributed by atoms with Gasteiger partial charge in [-0.1, -0.05) is 32.0 Å². The van der Waals surface area contributed by atoms with Gasteiger partial charge in [-0.15, -0.1) is 0 Å². The Labute approximate surface area is 206 Å². The molecule has 1 atom stereocenters. The van der Waals surface area contributed by atoms with Crippen molar-refractivity contribution in [1.29, 1.82) is 5.41 Å².